The van der Waals surface area contributed by atoms with E-state index < -0.39 is 11.6 Å². The van der Waals surface area contributed by atoms with Crippen LogP contribution in [-0.2, 0) is 6.61 Å². The Morgan fingerprint density at radius 3 is 2.32 bits per heavy atom. The fourth-order valence-corrected chi connectivity index (χ4v) is 2.32. The predicted octanol–water partition coefficient (Wildman–Crippen LogP) is 6.04. The molecule has 1 heterocycles. The van der Waals surface area contributed by atoms with Crippen molar-refractivity contribution in [3.05, 3.63) is 82.1 Å². The summed E-state index contributed by atoms with van der Waals surface area (Å²) in [7, 11) is 0. The number of hydrogen-bond acceptors (Lipinski definition) is 3. The van der Waals surface area contributed by atoms with Crippen LogP contribution < -0.4 is 9.47 Å². The van der Waals surface area contributed by atoms with Gasteiger partial charge >= 0.3 is 0 Å². The Kier molecular flexibility index (Phi) is 5.36. The van der Waals surface area contributed by atoms with Crippen molar-refractivity contribution in [3.63, 3.8) is 0 Å². The summed E-state index contributed by atoms with van der Waals surface area (Å²) in [5, 5.41) is 0.763. The molecule has 25 heavy (non-hydrogen) atoms. The van der Waals surface area contributed by atoms with Gasteiger partial charge in [-0.1, -0.05) is 29.3 Å². The molecule has 0 N–H and O–H groups in total. The van der Waals surface area contributed by atoms with Crippen LogP contribution in [0.3, 0.4) is 0 Å². The van der Waals surface area contributed by atoms with Gasteiger partial charge in [-0.15, -0.1) is 0 Å². The maximum Gasteiger partial charge on any atom is 0.142 e. The Morgan fingerprint density at radius 1 is 0.880 bits per heavy atom. The van der Waals surface area contributed by atoms with E-state index in [1.165, 1.54) is 6.07 Å². The lowest BCUT2D eigenvalue weighted by molar-refractivity contribution is 0.304. The Hall–Kier alpha value is -2.37. The number of hydrogen-bond donors (Lipinski definition) is 0. The van der Waals surface area contributed by atoms with Crippen molar-refractivity contribution < 1.29 is 18.3 Å². The van der Waals surface area contributed by atoms with Crippen molar-refractivity contribution in [2.45, 2.75) is 6.61 Å². The molecular weight excluding hydrogens is 371 g/mol. The van der Waals surface area contributed by atoms with Gasteiger partial charge < -0.3 is 9.47 Å². The van der Waals surface area contributed by atoms with E-state index in [1.54, 1.807) is 30.5 Å². The maximum absolute atomic E-state index is 13.2. The lowest BCUT2D eigenvalue weighted by Crippen LogP contribution is -1.97. The van der Waals surface area contributed by atoms with Crippen LogP contribution in [0.15, 0.2) is 54.7 Å². The molecule has 0 amide bonds. The van der Waals surface area contributed by atoms with Crippen LogP contribution in [0.5, 0.6) is 17.2 Å². The fourth-order valence-electron chi connectivity index (χ4n) is 2.03. The second-order valence-electron chi connectivity index (χ2n) is 5.08. The molecule has 0 saturated heterocycles. The SMILES string of the molecule is Fc1cc(F)cc(Oc2ccc(Cl)c(OCc3ccc(Cl)nc3)c2)c1. The van der Waals surface area contributed by atoms with E-state index in [1.807, 2.05) is 0 Å². The Morgan fingerprint density at radius 2 is 1.64 bits per heavy atom. The summed E-state index contributed by atoms with van der Waals surface area (Å²) in [6.45, 7) is 0.224. The highest BCUT2D eigenvalue weighted by atomic mass is 35.5. The molecule has 0 unspecified atom stereocenters. The molecule has 0 aliphatic heterocycles. The maximum atomic E-state index is 13.2. The fraction of sp³-hybridized carbons (Fsp3) is 0.0556. The summed E-state index contributed by atoms with van der Waals surface area (Å²) in [5.41, 5.74) is 0.805. The summed E-state index contributed by atoms with van der Waals surface area (Å²) < 4.78 is 37.6. The molecule has 3 nitrogen and oxygen atoms in total. The zero-order valence-corrected chi connectivity index (χ0v) is 14.2. The van der Waals surface area contributed by atoms with Crippen LogP contribution in [0.1, 0.15) is 5.56 Å². The zero-order valence-electron chi connectivity index (χ0n) is 12.7. The third-order valence-corrected chi connectivity index (χ3v) is 3.69. The van der Waals surface area contributed by atoms with Gasteiger partial charge in [0.2, 0.25) is 0 Å². The van der Waals surface area contributed by atoms with Crippen LogP contribution in [-0.4, -0.2) is 4.98 Å². The van der Waals surface area contributed by atoms with Gasteiger partial charge in [-0.2, -0.15) is 0 Å². The first-order valence-corrected chi connectivity index (χ1v) is 7.92. The van der Waals surface area contributed by atoms with Crippen molar-refractivity contribution in [1.82, 2.24) is 4.98 Å². The second kappa shape index (κ2) is 7.68. The average molecular weight is 382 g/mol. The molecule has 0 spiro atoms. The highest BCUT2D eigenvalue weighted by Gasteiger charge is 2.08. The van der Waals surface area contributed by atoms with Crippen molar-refractivity contribution >= 4 is 23.2 Å². The summed E-state index contributed by atoms with van der Waals surface area (Å²) in [6, 6.07) is 11.0. The van der Waals surface area contributed by atoms with Gasteiger partial charge in [0.1, 0.15) is 40.6 Å². The van der Waals surface area contributed by atoms with Crippen LogP contribution in [0.2, 0.25) is 10.2 Å². The first kappa shape index (κ1) is 17.5. The number of aromatic nitrogens is 1. The van der Waals surface area contributed by atoms with E-state index in [0.717, 1.165) is 23.8 Å². The second-order valence-corrected chi connectivity index (χ2v) is 5.87. The number of pyridine rings is 1. The molecule has 0 radical (unpaired) electrons. The minimum atomic E-state index is -0.726. The molecule has 128 valence electrons. The lowest BCUT2D eigenvalue weighted by atomic mass is 10.3. The zero-order chi connectivity index (χ0) is 17.8. The van der Waals surface area contributed by atoms with Crippen molar-refractivity contribution in [2.24, 2.45) is 0 Å². The van der Waals surface area contributed by atoms with Crippen molar-refractivity contribution in [1.29, 1.82) is 0 Å². The minimum absolute atomic E-state index is 0.0349. The topological polar surface area (TPSA) is 31.4 Å². The van der Waals surface area contributed by atoms with E-state index in [4.69, 9.17) is 32.7 Å². The number of halogens is 4. The molecule has 7 heteroatoms. The predicted molar refractivity (Wildman–Crippen MR) is 91.5 cm³/mol. The van der Waals surface area contributed by atoms with Gasteiger partial charge in [-0.3, -0.25) is 0 Å². The summed E-state index contributed by atoms with van der Waals surface area (Å²) >= 11 is 11.8. The molecule has 0 aliphatic rings. The van der Waals surface area contributed by atoms with E-state index in [0.29, 0.717) is 21.7 Å². The van der Waals surface area contributed by atoms with Gasteiger partial charge in [-0.05, 0) is 18.2 Å². The average Bonchev–Trinajstić information content (AvgIpc) is 2.56. The Labute approximate surface area is 152 Å². The molecule has 3 aromatic rings. The number of ether oxygens (including phenoxy) is 2. The normalized spacial score (nSPS) is 10.6. The van der Waals surface area contributed by atoms with Crippen molar-refractivity contribution in [3.8, 4) is 17.2 Å². The highest BCUT2D eigenvalue weighted by Crippen LogP contribution is 2.32. The molecule has 0 atom stereocenters. The molecule has 0 fully saturated rings. The van der Waals surface area contributed by atoms with Gasteiger partial charge in [-0.25, -0.2) is 13.8 Å². The van der Waals surface area contributed by atoms with Gasteiger partial charge in [0.05, 0.1) is 5.02 Å². The largest absolute Gasteiger partial charge is 0.487 e. The first-order valence-electron chi connectivity index (χ1n) is 7.16. The van der Waals surface area contributed by atoms with Gasteiger partial charge in [0, 0.05) is 36.0 Å². The quantitative estimate of drug-likeness (QED) is 0.505. The molecule has 0 aliphatic carbocycles. The standard InChI is InChI=1S/C18H11Cl2F2NO2/c19-16-3-2-14(25-15-6-12(21)5-13(22)7-15)8-17(16)24-10-11-1-4-18(20)23-9-11/h1-9H,10H2. The molecule has 0 bridgehead atoms. The molecule has 2 aromatic carbocycles. The monoisotopic (exact) mass is 381 g/mol. The Bertz CT molecular complexity index is 868. The third-order valence-electron chi connectivity index (χ3n) is 3.16. The van der Waals surface area contributed by atoms with E-state index in [9.17, 15) is 8.78 Å². The first-order chi connectivity index (χ1) is 12.0. The van der Waals surface area contributed by atoms with E-state index >= 15 is 0 Å². The molecule has 0 saturated carbocycles. The van der Waals surface area contributed by atoms with Gasteiger partial charge in [0.25, 0.3) is 0 Å². The highest BCUT2D eigenvalue weighted by molar-refractivity contribution is 6.32. The number of nitrogens with zero attached hydrogens (tertiary/aromatic N) is 1. The van der Waals surface area contributed by atoms with Crippen LogP contribution in [0, 0.1) is 11.6 Å². The van der Waals surface area contributed by atoms with Gasteiger partial charge in [0.15, 0.2) is 0 Å². The number of benzene rings is 2. The molecular formula is C18H11Cl2F2NO2. The molecule has 1 aromatic heterocycles. The number of rotatable bonds is 5. The van der Waals surface area contributed by atoms with Crippen LogP contribution in [0.4, 0.5) is 8.78 Å². The summed E-state index contributed by atoms with van der Waals surface area (Å²) in [5.74, 6) is -0.719. The van der Waals surface area contributed by atoms with Crippen LogP contribution in [0.25, 0.3) is 0 Å². The summed E-state index contributed by atoms with van der Waals surface area (Å²) in [6.07, 6.45) is 1.59. The summed E-state index contributed by atoms with van der Waals surface area (Å²) in [4.78, 5) is 3.96. The minimum Gasteiger partial charge on any atom is -0.487 e. The third kappa shape index (κ3) is 4.81. The smallest absolute Gasteiger partial charge is 0.142 e. The Balaban J connectivity index is 1.74. The van der Waals surface area contributed by atoms with Crippen LogP contribution >= 0.6 is 23.2 Å². The lowest BCUT2D eigenvalue weighted by Gasteiger charge is -2.11. The molecule has 3 rings (SSSR count). The van der Waals surface area contributed by atoms with Crippen molar-refractivity contribution in [2.75, 3.05) is 0 Å². The van der Waals surface area contributed by atoms with E-state index in [2.05, 4.69) is 4.98 Å². The van der Waals surface area contributed by atoms with E-state index in [-0.39, 0.29) is 12.4 Å².